The lowest BCUT2D eigenvalue weighted by atomic mass is 10.1. The molecular weight excluding hydrogens is 316 g/mol. The molecule has 8 nitrogen and oxygen atoms in total. The smallest absolute Gasteiger partial charge is 0.433 e. The topological polar surface area (TPSA) is 105 Å². The zero-order valence-electron chi connectivity index (χ0n) is 13.3. The molecule has 0 aliphatic rings. The molecule has 0 aromatic carbocycles. The quantitative estimate of drug-likeness (QED) is 0.254. The molecule has 0 aliphatic carbocycles. The first-order chi connectivity index (χ1) is 11.3. The van der Waals surface area contributed by atoms with Crippen LogP contribution in [0.3, 0.4) is 0 Å². The fraction of sp³-hybridized carbons (Fsp3) is 0.250. The third kappa shape index (κ3) is 3.43. The van der Waals surface area contributed by atoms with Crippen molar-refractivity contribution in [1.82, 2.24) is 4.57 Å². The molecule has 0 saturated carbocycles. The van der Waals surface area contributed by atoms with Crippen molar-refractivity contribution >= 4 is 17.6 Å². The second-order valence-electron chi connectivity index (χ2n) is 5.08. The Kier molecular flexibility index (Phi) is 4.98. The highest BCUT2D eigenvalue weighted by atomic mass is 16.7. The average Bonchev–Trinajstić information content (AvgIpc) is 3.13. The van der Waals surface area contributed by atoms with Crippen molar-refractivity contribution in [1.29, 1.82) is 0 Å². The minimum absolute atomic E-state index is 0.327. The number of carbonyl (C=O) groups excluding carboxylic acids is 2. The van der Waals surface area contributed by atoms with Gasteiger partial charge in [-0.1, -0.05) is 6.08 Å². The summed E-state index contributed by atoms with van der Waals surface area (Å²) in [5.41, 5.74) is 2.10. The number of aryl methyl sites for hydroxylation is 1. The number of Topliss-reactive ketones (excluding diaryl/α,β-unsaturated/α-hetero) is 1. The van der Waals surface area contributed by atoms with E-state index in [0.29, 0.717) is 12.1 Å². The Morgan fingerprint density at radius 1 is 1.42 bits per heavy atom. The molecule has 24 heavy (non-hydrogen) atoms. The van der Waals surface area contributed by atoms with E-state index in [1.54, 1.807) is 19.1 Å². The van der Waals surface area contributed by atoms with E-state index in [1.165, 1.54) is 0 Å². The van der Waals surface area contributed by atoms with Crippen LogP contribution in [-0.4, -0.2) is 27.8 Å². The largest absolute Gasteiger partial charge is 0.451 e. The van der Waals surface area contributed by atoms with E-state index in [0.717, 1.165) is 23.5 Å². The summed E-state index contributed by atoms with van der Waals surface area (Å²) < 4.78 is 11.5. The molecule has 0 spiro atoms. The van der Waals surface area contributed by atoms with Gasteiger partial charge in [-0.3, -0.25) is 14.9 Å². The second-order valence-corrected chi connectivity index (χ2v) is 5.08. The number of ether oxygens (including phenoxy) is 1. The first-order valence-corrected chi connectivity index (χ1v) is 7.07. The van der Waals surface area contributed by atoms with Crippen LogP contribution in [0.4, 0.5) is 5.88 Å². The minimum atomic E-state index is -0.934. The predicted octanol–water partition coefficient (Wildman–Crippen LogP) is 2.83. The zero-order valence-corrected chi connectivity index (χ0v) is 13.3. The molecule has 0 fully saturated rings. The van der Waals surface area contributed by atoms with Gasteiger partial charge in [-0.15, -0.1) is 6.58 Å². The van der Waals surface area contributed by atoms with Crippen molar-refractivity contribution in [2.45, 2.75) is 20.4 Å². The lowest BCUT2D eigenvalue weighted by Gasteiger charge is -2.06. The van der Waals surface area contributed by atoms with Crippen LogP contribution in [0, 0.1) is 24.0 Å². The maximum Gasteiger partial charge on any atom is 0.433 e. The van der Waals surface area contributed by atoms with Crippen LogP contribution >= 0.6 is 0 Å². The number of furan rings is 1. The highest BCUT2D eigenvalue weighted by molar-refractivity contribution is 6.00. The number of allylic oxidation sites excluding steroid dienone is 1. The number of rotatable bonds is 7. The number of esters is 1. The summed E-state index contributed by atoms with van der Waals surface area (Å²) in [6, 6.07) is 3.88. The highest BCUT2D eigenvalue weighted by Crippen LogP contribution is 2.18. The van der Waals surface area contributed by atoms with E-state index in [1.807, 2.05) is 11.5 Å². The summed E-state index contributed by atoms with van der Waals surface area (Å²) in [7, 11) is 0. The summed E-state index contributed by atoms with van der Waals surface area (Å²) in [6.07, 6.45) is 1.72. The van der Waals surface area contributed by atoms with Gasteiger partial charge >= 0.3 is 11.9 Å². The first-order valence-electron chi connectivity index (χ1n) is 7.07. The van der Waals surface area contributed by atoms with E-state index >= 15 is 0 Å². The van der Waals surface area contributed by atoms with Crippen LogP contribution in [-0.2, 0) is 11.3 Å². The van der Waals surface area contributed by atoms with Gasteiger partial charge in [0.25, 0.3) is 0 Å². The molecule has 0 radical (unpaired) electrons. The van der Waals surface area contributed by atoms with E-state index in [9.17, 15) is 19.7 Å². The molecule has 0 bridgehead atoms. The first kappa shape index (κ1) is 17.2. The van der Waals surface area contributed by atoms with Gasteiger partial charge in [-0.25, -0.2) is 4.79 Å². The average molecular weight is 332 g/mol. The van der Waals surface area contributed by atoms with Crippen LogP contribution in [0.25, 0.3) is 0 Å². The van der Waals surface area contributed by atoms with Crippen molar-refractivity contribution < 1.29 is 23.7 Å². The maximum atomic E-state index is 12.2. The molecule has 2 aromatic rings. The lowest BCUT2D eigenvalue weighted by molar-refractivity contribution is -0.402. The zero-order chi connectivity index (χ0) is 17.9. The van der Waals surface area contributed by atoms with E-state index in [-0.39, 0.29) is 11.5 Å². The van der Waals surface area contributed by atoms with E-state index < -0.39 is 23.4 Å². The van der Waals surface area contributed by atoms with Crippen molar-refractivity contribution in [3.8, 4) is 0 Å². The van der Waals surface area contributed by atoms with E-state index in [4.69, 9.17) is 9.15 Å². The molecule has 2 rings (SSSR count). The van der Waals surface area contributed by atoms with E-state index in [2.05, 4.69) is 6.58 Å². The van der Waals surface area contributed by atoms with Gasteiger partial charge in [0.05, 0.1) is 6.07 Å². The van der Waals surface area contributed by atoms with Crippen LogP contribution in [0.15, 0.2) is 35.3 Å². The van der Waals surface area contributed by atoms with Crippen LogP contribution < -0.4 is 0 Å². The number of carbonyl (C=O) groups is 2. The fourth-order valence-electron chi connectivity index (χ4n) is 2.31. The lowest BCUT2D eigenvalue weighted by Crippen LogP contribution is -2.14. The molecule has 2 aromatic heterocycles. The van der Waals surface area contributed by atoms with Gasteiger partial charge in [0.15, 0.2) is 6.61 Å². The number of ketones is 1. The second kappa shape index (κ2) is 6.95. The summed E-state index contributed by atoms with van der Waals surface area (Å²) in [5, 5.41) is 10.5. The Morgan fingerprint density at radius 3 is 2.71 bits per heavy atom. The number of nitrogens with zero attached hydrogens (tertiary/aromatic N) is 2. The normalized spacial score (nSPS) is 10.4. The fourth-order valence-corrected chi connectivity index (χ4v) is 2.31. The van der Waals surface area contributed by atoms with Crippen molar-refractivity contribution in [2.75, 3.05) is 6.61 Å². The Labute approximate surface area is 137 Å². The Hall–Kier alpha value is -3.16. The number of hydrogen-bond acceptors (Lipinski definition) is 6. The van der Waals surface area contributed by atoms with Crippen molar-refractivity contribution in [3.05, 3.63) is 63.7 Å². The summed E-state index contributed by atoms with van der Waals surface area (Å²) in [5.74, 6) is -2.20. The molecule has 8 heteroatoms. The van der Waals surface area contributed by atoms with Gasteiger partial charge < -0.3 is 13.7 Å². The summed E-state index contributed by atoms with van der Waals surface area (Å²) in [6.45, 7) is 7.41. The summed E-state index contributed by atoms with van der Waals surface area (Å²) >= 11 is 0. The molecule has 0 unspecified atom stereocenters. The molecule has 0 aliphatic heterocycles. The molecular formula is C16H16N2O6. The maximum absolute atomic E-state index is 12.2. The number of aromatic nitrogens is 1. The van der Waals surface area contributed by atoms with Gasteiger partial charge in [-0.05, 0) is 26.0 Å². The van der Waals surface area contributed by atoms with Gasteiger partial charge in [0.2, 0.25) is 11.5 Å². The van der Waals surface area contributed by atoms with Crippen molar-refractivity contribution in [3.63, 3.8) is 0 Å². The third-order valence-corrected chi connectivity index (χ3v) is 3.49. The monoisotopic (exact) mass is 332 g/mol. The number of nitro groups is 1. The third-order valence-electron chi connectivity index (χ3n) is 3.49. The van der Waals surface area contributed by atoms with Gasteiger partial charge in [0.1, 0.15) is 4.92 Å². The van der Waals surface area contributed by atoms with Crippen LogP contribution in [0.1, 0.15) is 32.3 Å². The highest BCUT2D eigenvalue weighted by Gasteiger charge is 2.21. The van der Waals surface area contributed by atoms with Crippen LogP contribution in [0.5, 0.6) is 0 Å². The number of hydrogen-bond donors (Lipinski definition) is 0. The van der Waals surface area contributed by atoms with Crippen molar-refractivity contribution in [2.24, 2.45) is 0 Å². The predicted molar refractivity (Wildman–Crippen MR) is 84.1 cm³/mol. The van der Waals surface area contributed by atoms with Crippen LogP contribution in [0.2, 0.25) is 0 Å². The molecule has 126 valence electrons. The standard InChI is InChI=1S/C16H16N2O6/c1-4-7-17-10(2)8-12(11(17)3)13(19)9-23-16(20)14-5-6-15(24-14)18(21)22/h4-6,8H,1,7,9H2,2-3H3. The Balaban J connectivity index is 2.05. The Morgan fingerprint density at radius 2 is 2.12 bits per heavy atom. The minimum Gasteiger partial charge on any atom is -0.451 e. The SMILES string of the molecule is C=CCn1c(C)cc(C(=O)COC(=O)c2ccc([N+](=O)[O-])o2)c1C. The molecule has 0 N–H and O–H groups in total. The molecule has 0 saturated heterocycles. The molecule has 0 amide bonds. The molecule has 2 heterocycles. The Bertz CT molecular complexity index is 815. The van der Waals surface area contributed by atoms with Gasteiger partial charge in [0, 0.05) is 23.5 Å². The molecule has 0 atom stereocenters. The summed E-state index contributed by atoms with van der Waals surface area (Å²) in [4.78, 5) is 33.7. The van der Waals surface area contributed by atoms with Gasteiger partial charge in [-0.2, -0.15) is 0 Å².